The first-order valence-electron chi connectivity index (χ1n) is 6.05. The Morgan fingerprint density at radius 2 is 2.00 bits per heavy atom. The molecule has 8 heteroatoms. The van der Waals surface area contributed by atoms with Crippen molar-refractivity contribution < 1.29 is 23.7 Å². The third-order valence-electron chi connectivity index (χ3n) is 3.17. The summed E-state index contributed by atoms with van der Waals surface area (Å²) in [6.45, 7) is 3.74. The Balaban J connectivity index is 2.10. The normalized spacial score (nSPS) is 35.5. The molecule has 0 saturated carbocycles. The van der Waals surface area contributed by atoms with Crippen LogP contribution in [-0.4, -0.2) is 49.8 Å². The molecule has 19 heavy (non-hydrogen) atoms. The fraction of sp³-hybridized carbons (Fsp3) is 0.909. The molecule has 2 saturated heterocycles. The molecule has 0 aromatic carbocycles. The largest absolute Gasteiger partial charge is 0.469 e. The van der Waals surface area contributed by atoms with Gasteiger partial charge in [-0.2, -0.15) is 0 Å². The second-order valence-electron chi connectivity index (χ2n) is 4.97. The topological polar surface area (TPSA) is 103 Å². The first-order chi connectivity index (χ1) is 8.96. The first-order valence-corrected chi connectivity index (χ1v) is 6.05. The van der Waals surface area contributed by atoms with Crippen LogP contribution in [0.4, 0.5) is 0 Å². The van der Waals surface area contributed by atoms with Crippen LogP contribution in [0.15, 0.2) is 5.11 Å². The van der Waals surface area contributed by atoms with E-state index in [9.17, 15) is 4.79 Å². The molecule has 106 valence electrons. The summed E-state index contributed by atoms with van der Waals surface area (Å²) < 4.78 is 21.8. The van der Waals surface area contributed by atoms with Gasteiger partial charge in [-0.1, -0.05) is 5.11 Å². The van der Waals surface area contributed by atoms with Crippen LogP contribution in [0.5, 0.6) is 0 Å². The second kappa shape index (κ2) is 5.34. The third-order valence-corrected chi connectivity index (χ3v) is 3.17. The molecule has 0 bridgehead atoms. The lowest BCUT2D eigenvalue weighted by Gasteiger charge is -2.23. The van der Waals surface area contributed by atoms with Crippen LogP contribution in [-0.2, 0) is 23.7 Å². The molecule has 1 unspecified atom stereocenters. The fourth-order valence-electron chi connectivity index (χ4n) is 2.45. The van der Waals surface area contributed by atoms with Gasteiger partial charge in [0.05, 0.1) is 32.3 Å². The maximum atomic E-state index is 11.4. The number of hydrogen-bond donors (Lipinski definition) is 0. The minimum absolute atomic E-state index is 0.0872. The molecule has 0 amide bonds. The summed E-state index contributed by atoms with van der Waals surface area (Å²) in [6, 6.07) is 0. The van der Waals surface area contributed by atoms with E-state index in [2.05, 4.69) is 14.8 Å². The van der Waals surface area contributed by atoms with Crippen molar-refractivity contribution in [2.24, 2.45) is 5.11 Å². The van der Waals surface area contributed by atoms with E-state index in [1.54, 1.807) is 13.8 Å². The molecule has 0 aromatic rings. The zero-order chi connectivity index (χ0) is 14.0. The van der Waals surface area contributed by atoms with Gasteiger partial charge in [0.25, 0.3) is 0 Å². The van der Waals surface area contributed by atoms with Gasteiger partial charge >= 0.3 is 5.97 Å². The van der Waals surface area contributed by atoms with Crippen molar-refractivity contribution in [2.75, 3.05) is 13.7 Å². The van der Waals surface area contributed by atoms with Crippen LogP contribution in [0.1, 0.15) is 20.3 Å². The highest BCUT2D eigenvalue weighted by molar-refractivity contribution is 5.70. The van der Waals surface area contributed by atoms with E-state index in [1.165, 1.54) is 7.11 Å². The highest BCUT2D eigenvalue weighted by Crippen LogP contribution is 2.39. The molecule has 0 radical (unpaired) electrons. The summed E-state index contributed by atoms with van der Waals surface area (Å²) in [4.78, 5) is 14.1. The van der Waals surface area contributed by atoms with E-state index >= 15 is 0 Å². The number of esters is 1. The van der Waals surface area contributed by atoms with Crippen LogP contribution in [0.3, 0.4) is 0 Å². The summed E-state index contributed by atoms with van der Waals surface area (Å²) in [7, 11) is 1.32. The second-order valence-corrected chi connectivity index (χ2v) is 4.97. The Morgan fingerprint density at radius 1 is 1.37 bits per heavy atom. The smallest absolute Gasteiger partial charge is 0.308 e. The Hall–Kier alpha value is -1.34. The van der Waals surface area contributed by atoms with E-state index in [0.29, 0.717) is 0 Å². The monoisotopic (exact) mass is 271 g/mol. The van der Waals surface area contributed by atoms with Gasteiger partial charge < -0.3 is 18.9 Å². The van der Waals surface area contributed by atoms with Gasteiger partial charge in [-0.15, -0.1) is 0 Å². The van der Waals surface area contributed by atoms with E-state index in [0.717, 1.165) is 0 Å². The van der Waals surface area contributed by atoms with Gasteiger partial charge in [0.1, 0.15) is 12.2 Å². The molecule has 2 fully saturated rings. The lowest BCUT2D eigenvalue weighted by Crippen LogP contribution is -2.31. The summed E-state index contributed by atoms with van der Waals surface area (Å²) in [6.07, 6.45) is -1.46. The summed E-state index contributed by atoms with van der Waals surface area (Å²) >= 11 is 0. The Kier molecular flexibility index (Phi) is 3.96. The molecule has 0 spiro atoms. The Labute approximate surface area is 110 Å². The molecule has 2 rings (SSSR count). The van der Waals surface area contributed by atoms with E-state index < -0.39 is 18.0 Å². The molecular weight excluding hydrogens is 254 g/mol. The predicted molar refractivity (Wildman–Crippen MR) is 63.1 cm³/mol. The van der Waals surface area contributed by atoms with Crippen LogP contribution in [0.25, 0.3) is 10.4 Å². The van der Waals surface area contributed by atoms with Crippen molar-refractivity contribution in [3.63, 3.8) is 0 Å². The quantitative estimate of drug-likeness (QED) is 0.330. The van der Waals surface area contributed by atoms with E-state index in [1.807, 2.05) is 0 Å². The van der Waals surface area contributed by atoms with E-state index in [4.69, 9.17) is 19.7 Å². The molecule has 0 N–H and O–H groups in total. The van der Waals surface area contributed by atoms with Crippen LogP contribution < -0.4 is 0 Å². The number of ether oxygens (including phenoxy) is 4. The molecule has 2 aliphatic rings. The van der Waals surface area contributed by atoms with Gasteiger partial charge in [-0.05, 0) is 19.4 Å². The standard InChI is InChI=1S/C11H17N3O5/c1-11(2)18-9-6(4-8(15)16-3)17-7(5-13-14-12)10(9)19-11/h6-7,9-10H,4-5H2,1-3H3/t6?,7-,9+,10-/m1/s1. The predicted octanol–water partition coefficient (Wildman–Crippen LogP) is 1.15. The molecular formula is C11H17N3O5. The minimum atomic E-state index is -0.734. The van der Waals surface area contributed by atoms with Crippen molar-refractivity contribution in [1.82, 2.24) is 0 Å². The molecule has 2 aliphatic heterocycles. The van der Waals surface area contributed by atoms with Crippen LogP contribution in [0, 0.1) is 0 Å². The minimum Gasteiger partial charge on any atom is -0.469 e. The van der Waals surface area contributed by atoms with Gasteiger partial charge in [-0.25, -0.2) is 0 Å². The van der Waals surface area contributed by atoms with Gasteiger partial charge in [0.15, 0.2) is 5.79 Å². The zero-order valence-corrected chi connectivity index (χ0v) is 11.1. The lowest BCUT2D eigenvalue weighted by molar-refractivity contribution is -0.188. The van der Waals surface area contributed by atoms with Crippen molar-refractivity contribution in [3.05, 3.63) is 10.4 Å². The number of fused-ring (bicyclic) bond motifs is 1. The summed E-state index contributed by atoms with van der Waals surface area (Å²) in [5.74, 6) is -1.11. The first kappa shape index (κ1) is 14.1. The molecule has 2 heterocycles. The summed E-state index contributed by atoms with van der Waals surface area (Å²) in [5, 5.41) is 3.50. The highest BCUT2D eigenvalue weighted by Gasteiger charge is 2.55. The Morgan fingerprint density at radius 3 is 2.58 bits per heavy atom. The maximum absolute atomic E-state index is 11.4. The molecule has 4 atom stereocenters. The molecule has 0 aliphatic carbocycles. The number of nitrogens with zero attached hydrogens (tertiary/aromatic N) is 3. The van der Waals surface area contributed by atoms with Crippen LogP contribution in [0.2, 0.25) is 0 Å². The Bertz CT molecular complexity index is 407. The third kappa shape index (κ3) is 2.98. The van der Waals surface area contributed by atoms with E-state index in [-0.39, 0.29) is 31.1 Å². The number of hydrogen-bond acceptors (Lipinski definition) is 6. The number of azide groups is 1. The maximum Gasteiger partial charge on any atom is 0.308 e. The average molecular weight is 271 g/mol. The van der Waals surface area contributed by atoms with Crippen molar-refractivity contribution in [1.29, 1.82) is 0 Å². The molecule has 0 aromatic heterocycles. The number of carbonyl (C=O) groups excluding carboxylic acids is 1. The van der Waals surface area contributed by atoms with Crippen LogP contribution >= 0.6 is 0 Å². The van der Waals surface area contributed by atoms with Crippen molar-refractivity contribution in [2.45, 2.75) is 50.5 Å². The van der Waals surface area contributed by atoms with Crippen molar-refractivity contribution >= 4 is 5.97 Å². The average Bonchev–Trinajstić information content (AvgIpc) is 2.82. The lowest BCUT2D eigenvalue weighted by atomic mass is 10.1. The van der Waals surface area contributed by atoms with Gasteiger partial charge in [0.2, 0.25) is 0 Å². The SMILES string of the molecule is COC(=O)CC1O[C@H](CN=[N+]=[N-])[C@H]2OC(C)(C)O[C@@H]12. The molecule has 8 nitrogen and oxygen atoms in total. The number of carbonyl (C=O) groups is 1. The van der Waals surface area contributed by atoms with Gasteiger partial charge in [-0.3, -0.25) is 4.79 Å². The summed E-state index contributed by atoms with van der Waals surface area (Å²) in [5.41, 5.74) is 8.38. The number of rotatable bonds is 4. The zero-order valence-electron chi connectivity index (χ0n) is 11.1. The highest BCUT2D eigenvalue weighted by atomic mass is 16.8. The van der Waals surface area contributed by atoms with Crippen molar-refractivity contribution in [3.8, 4) is 0 Å². The number of methoxy groups -OCH3 is 1. The van der Waals surface area contributed by atoms with Gasteiger partial charge in [0, 0.05) is 4.91 Å². The fourth-order valence-corrected chi connectivity index (χ4v) is 2.45.